The summed E-state index contributed by atoms with van der Waals surface area (Å²) in [7, 11) is 0. The van der Waals surface area contributed by atoms with Crippen molar-refractivity contribution in [3.8, 4) is 11.5 Å². The number of hydrogen-bond donors (Lipinski definition) is 3. The Morgan fingerprint density at radius 1 is 0.809 bits per heavy atom. The van der Waals surface area contributed by atoms with Gasteiger partial charge in [-0.25, -0.2) is 4.79 Å². The first-order valence-electron chi connectivity index (χ1n) is 15.3. The zero-order valence-electron chi connectivity index (χ0n) is 25.7. The summed E-state index contributed by atoms with van der Waals surface area (Å²) in [6.07, 6.45) is 0.303. The number of pyridine rings is 1. The molecule has 10 heteroatoms. The maximum atomic E-state index is 12.7. The van der Waals surface area contributed by atoms with E-state index in [1.54, 1.807) is 48.5 Å². The van der Waals surface area contributed by atoms with E-state index in [0.29, 0.717) is 27.9 Å². The van der Waals surface area contributed by atoms with Crippen molar-refractivity contribution in [1.82, 2.24) is 0 Å². The summed E-state index contributed by atoms with van der Waals surface area (Å²) in [4.78, 5) is 12.7. The maximum absolute atomic E-state index is 12.7. The van der Waals surface area contributed by atoms with E-state index >= 15 is 0 Å². The molecular weight excluding hydrogens is 614 g/mol. The molecule has 0 unspecified atom stereocenters. The quantitative estimate of drug-likeness (QED) is 0.0802. The van der Waals surface area contributed by atoms with Crippen LogP contribution in [0.5, 0.6) is 11.5 Å². The molecule has 4 atom stereocenters. The van der Waals surface area contributed by atoms with Gasteiger partial charge in [0.25, 0.3) is 5.03 Å². The van der Waals surface area contributed by atoms with E-state index in [1.165, 1.54) is 18.0 Å². The zero-order chi connectivity index (χ0) is 32.6. The number of thioether (sulfide) groups is 1. The molecule has 3 N–H and O–H groups in total. The number of nitrogens with zero attached hydrogens (tertiary/aromatic N) is 1. The summed E-state index contributed by atoms with van der Waals surface area (Å²) in [6, 6.07) is 36.6. The van der Waals surface area contributed by atoms with Crippen LogP contribution in [0.1, 0.15) is 36.0 Å². The Labute approximate surface area is 277 Å². The Morgan fingerprint density at radius 2 is 1.43 bits per heavy atom. The molecule has 2 amide bonds. The van der Waals surface area contributed by atoms with E-state index in [-0.39, 0.29) is 30.8 Å². The van der Waals surface area contributed by atoms with Crippen LogP contribution >= 0.6 is 11.8 Å². The summed E-state index contributed by atoms with van der Waals surface area (Å²) in [5, 5.41) is 28.1. The average Bonchev–Trinajstić information content (AvgIpc) is 3.10. The fraction of sp³-hybridized carbons (Fsp3) is 0.189. The molecule has 4 aromatic carbocycles. The topological polar surface area (TPSA) is 116 Å². The van der Waals surface area contributed by atoms with Crippen molar-refractivity contribution in [1.29, 1.82) is 0 Å². The number of aliphatic hydroxyl groups excluding tert-OH is 1. The Kier molecular flexibility index (Phi) is 10.3. The van der Waals surface area contributed by atoms with Crippen molar-refractivity contribution in [3.63, 3.8) is 0 Å². The summed E-state index contributed by atoms with van der Waals surface area (Å²) in [6.45, 7) is 2.05. The van der Waals surface area contributed by atoms with E-state index in [9.17, 15) is 15.1 Å². The molecule has 0 aliphatic carbocycles. The number of amides is 2. The molecule has 1 aromatic heterocycles. The predicted octanol–water partition coefficient (Wildman–Crippen LogP) is 7.83. The third-order valence-corrected chi connectivity index (χ3v) is 8.95. The number of aliphatic hydroxyl groups is 1. The first-order chi connectivity index (χ1) is 22.9. The number of carbonyl (C=O) groups is 1. The Morgan fingerprint density at radius 3 is 2.09 bits per heavy atom. The van der Waals surface area contributed by atoms with Gasteiger partial charge in [-0.1, -0.05) is 73.3 Å². The zero-order valence-corrected chi connectivity index (χ0v) is 26.5. The normalized spacial score (nSPS) is 19.1. The Balaban J connectivity index is 1.11. The van der Waals surface area contributed by atoms with Crippen LogP contribution in [0.25, 0.3) is 0 Å². The number of rotatable bonds is 10. The van der Waals surface area contributed by atoms with Gasteiger partial charge in [0.1, 0.15) is 11.5 Å². The minimum atomic E-state index is -0.672. The lowest BCUT2D eigenvalue weighted by atomic mass is 9.91. The third-order valence-electron chi connectivity index (χ3n) is 7.84. The van der Waals surface area contributed by atoms with Crippen LogP contribution in [0.4, 0.5) is 16.2 Å². The first kappa shape index (κ1) is 32.1. The van der Waals surface area contributed by atoms with Gasteiger partial charge < -0.3 is 35.2 Å². The van der Waals surface area contributed by atoms with Gasteiger partial charge in [0.05, 0.1) is 18.8 Å². The van der Waals surface area contributed by atoms with Crippen molar-refractivity contribution in [3.05, 3.63) is 149 Å². The van der Waals surface area contributed by atoms with Crippen molar-refractivity contribution < 1.29 is 28.8 Å². The second-order valence-corrected chi connectivity index (χ2v) is 12.2. The van der Waals surface area contributed by atoms with Gasteiger partial charge >= 0.3 is 6.03 Å². The maximum Gasteiger partial charge on any atom is 0.323 e. The molecule has 6 rings (SSSR count). The SMILES string of the molecule is C[C@@H]1[C@H](CSc2cccc[n+]2[O-])O[C@H](c2ccc(NC(=O)Nc3ccc(Oc4ccccc4)cc3)cc2)O[C@@H]1c1ccc(CO)cc1. The molecule has 240 valence electrons. The molecule has 1 saturated heterocycles. The van der Waals surface area contributed by atoms with E-state index in [2.05, 4.69) is 17.6 Å². The molecule has 0 radical (unpaired) electrons. The number of hydrogen-bond acceptors (Lipinski definition) is 7. The molecule has 47 heavy (non-hydrogen) atoms. The van der Waals surface area contributed by atoms with Gasteiger partial charge in [-0.3, -0.25) is 0 Å². The van der Waals surface area contributed by atoms with E-state index in [0.717, 1.165) is 27.2 Å². The molecule has 0 saturated carbocycles. The molecule has 9 nitrogen and oxygen atoms in total. The lowest BCUT2D eigenvalue weighted by Crippen LogP contribution is -2.39. The molecule has 5 aromatic rings. The lowest BCUT2D eigenvalue weighted by Gasteiger charge is -2.41. The first-order valence-corrected chi connectivity index (χ1v) is 16.3. The number of benzene rings is 4. The highest BCUT2D eigenvalue weighted by Crippen LogP contribution is 2.43. The molecule has 2 heterocycles. The van der Waals surface area contributed by atoms with Gasteiger partial charge in [0, 0.05) is 40.7 Å². The van der Waals surface area contributed by atoms with Gasteiger partial charge in [0.2, 0.25) is 0 Å². The van der Waals surface area contributed by atoms with Gasteiger partial charge in [0.15, 0.2) is 12.5 Å². The molecule has 0 spiro atoms. The van der Waals surface area contributed by atoms with Gasteiger partial charge in [-0.15, -0.1) is 0 Å². The number of ether oxygens (including phenoxy) is 3. The van der Waals surface area contributed by atoms with Crippen LogP contribution in [0.3, 0.4) is 0 Å². The number of anilines is 2. The van der Waals surface area contributed by atoms with E-state index in [4.69, 9.17) is 14.2 Å². The fourth-order valence-electron chi connectivity index (χ4n) is 5.25. The average molecular weight is 650 g/mol. The highest BCUT2D eigenvalue weighted by molar-refractivity contribution is 7.99. The van der Waals surface area contributed by atoms with Crippen LogP contribution in [0.2, 0.25) is 0 Å². The van der Waals surface area contributed by atoms with Crippen molar-refractivity contribution >= 4 is 29.2 Å². The fourth-order valence-corrected chi connectivity index (χ4v) is 6.33. The van der Waals surface area contributed by atoms with Crippen LogP contribution in [-0.2, 0) is 16.1 Å². The molecule has 1 aliphatic heterocycles. The number of carbonyl (C=O) groups excluding carboxylic acids is 1. The number of nitrogens with one attached hydrogen (secondary N) is 2. The standard InChI is InChI=1S/C37H35N3O6S/c1-25-33(24-47-34-9-5-6-22-40(34)43)45-36(46-35(25)27-12-10-26(23-41)11-13-27)28-14-16-29(17-15-28)38-37(42)39-30-18-20-32(21-19-30)44-31-7-3-2-4-8-31/h2-22,25,33,35-36,41H,23-24H2,1H3,(H2,38,39,42)/t25-,33+,35+,36+/m1/s1. The summed E-state index contributed by atoms with van der Waals surface area (Å²) in [5.74, 6) is 1.93. The van der Waals surface area contributed by atoms with E-state index < -0.39 is 6.29 Å². The van der Waals surface area contributed by atoms with Crippen molar-refractivity contribution in [2.45, 2.75) is 37.1 Å². The summed E-state index contributed by atoms with van der Waals surface area (Å²) in [5.41, 5.74) is 3.82. The second kappa shape index (κ2) is 15.1. The Hall–Kier alpha value is -4.87. The number of para-hydroxylation sites is 1. The monoisotopic (exact) mass is 649 g/mol. The smallest absolute Gasteiger partial charge is 0.323 e. The van der Waals surface area contributed by atoms with Crippen molar-refractivity contribution in [2.75, 3.05) is 16.4 Å². The number of aromatic nitrogens is 1. The highest BCUT2D eigenvalue weighted by atomic mass is 32.2. The van der Waals surface area contributed by atoms with Crippen molar-refractivity contribution in [2.24, 2.45) is 5.92 Å². The minimum Gasteiger partial charge on any atom is -0.618 e. The van der Waals surface area contributed by atoms with Crippen LogP contribution in [0.15, 0.2) is 133 Å². The summed E-state index contributed by atoms with van der Waals surface area (Å²) < 4.78 is 19.7. The largest absolute Gasteiger partial charge is 0.618 e. The minimum absolute atomic E-state index is 0.0221. The molecule has 1 aliphatic rings. The van der Waals surface area contributed by atoms with Gasteiger partial charge in [-0.2, -0.15) is 4.73 Å². The number of urea groups is 1. The molecular formula is C37H35N3O6S. The highest BCUT2D eigenvalue weighted by Gasteiger charge is 2.38. The van der Waals surface area contributed by atoms with E-state index in [1.807, 2.05) is 72.8 Å². The summed E-state index contributed by atoms with van der Waals surface area (Å²) >= 11 is 1.44. The Bertz CT molecular complexity index is 1750. The van der Waals surface area contributed by atoms with Crippen LogP contribution in [0, 0.1) is 11.1 Å². The van der Waals surface area contributed by atoms with Gasteiger partial charge in [-0.05, 0) is 65.7 Å². The second-order valence-electron chi connectivity index (χ2n) is 11.1. The van der Waals surface area contributed by atoms with Crippen LogP contribution < -0.4 is 20.1 Å². The van der Waals surface area contributed by atoms with Crippen LogP contribution in [-0.4, -0.2) is 23.0 Å². The molecule has 1 fully saturated rings. The third kappa shape index (κ3) is 8.30. The lowest BCUT2D eigenvalue weighted by molar-refractivity contribution is -0.645. The predicted molar refractivity (Wildman–Crippen MR) is 181 cm³/mol. The molecule has 0 bridgehead atoms.